The molecule has 0 heterocycles. The van der Waals surface area contributed by atoms with Gasteiger partial charge in [-0.25, -0.2) is 9.59 Å². The van der Waals surface area contributed by atoms with Crippen LogP contribution >= 0.6 is 0 Å². The van der Waals surface area contributed by atoms with Crippen LogP contribution in [-0.4, -0.2) is 11.9 Å². The minimum atomic E-state index is -0.471. The number of hydrogen-bond acceptors (Lipinski definition) is 4. The molecule has 0 saturated heterocycles. The number of fused-ring (bicyclic) bond motifs is 6. The number of benzene rings is 2. The number of aryl methyl sites for hydroxylation is 1. The molecule has 3 unspecified atom stereocenters. The molecule has 1 saturated carbocycles. The van der Waals surface area contributed by atoms with Gasteiger partial charge in [0, 0.05) is 33.5 Å². The summed E-state index contributed by atoms with van der Waals surface area (Å²) in [4.78, 5) is 24.7. The lowest BCUT2D eigenvalue weighted by Gasteiger charge is -2.25. The molecule has 150 valence electrons. The molecule has 0 aromatic heterocycles. The molecule has 29 heavy (non-hydrogen) atoms. The van der Waals surface area contributed by atoms with Crippen molar-refractivity contribution in [2.45, 2.75) is 51.9 Å². The fourth-order valence-electron chi connectivity index (χ4n) is 5.13. The molecular formula is C25H26O4. The van der Waals surface area contributed by atoms with Gasteiger partial charge in [-0.05, 0) is 49.5 Å². The summed E-state index contributed by atoms with van der Waals surface area (Å²) in [7, 11) is 0. The van der Waals surface area contributed by atoms with Crippen LogP contribution in [0.3, 0.4) is 0 Å². The molecule has 0 spiro atoms. The third kappa shape index (κ3) is 2.89. The summed E-state index contributed by atoms with van der Waals surface area (Å²) in [6, 6.07) is 5.93. The highest BCUT2D eigenvalue weighted by Gasteiger charge is 2.48. The molecule has 2 aliphatic carbocycles. The third-order valence-corrected chi connectivity index (χ3v) is 6.49. The lowest BCUT2D eigenvalue weighted by Crippen LogP contribution is -2.14. The van der Waals surface area contributed by atoms with Gasteiger partial charge in [0.15, 0.2) is 0 Å². The fourth-order valence-corrected chi connectivity index (χ4v) is 5.13. The molecule has 2 bridgehead atoms. The SMILES string of the molecule is C=CC(=O)Oc1c2c(c(OC(=O)C(=C)C)c3cccc(CC)c13)C1CCC2C1C. The lowest BCUT2D eigenvalue weighted by atomic mass is 9.85. The molecule has 3 atom stereocenters. The molecule has 2 aromatic rings. The Morgan fingerprint density at radius 1 is 1.14 bits per heavy atom. The Balaban J connectivity index is 2.10. The molecule has 0 N–H and O–H groups in total. The Labute approximate surface area is 171 Å². The van der Waals surface area contributed by atoms with Crippen molar-refractivity contribution in [3.63, 3.8) is 0 Å². The molecular weight excluding hydrogens is 364 g/mol. The van der Waals surface area contributed by atoms with Crippen molar-refractivity contribution in [1.29, 1.82) is 0 Å². The Morgan fingerprint density at radius 2 is 1.79 bits per heavy atom. The monoisotopic (exact) mass is 390 g/mol. The van der Waals surface area contributed by atoms with Crippen molar-refractivity contribution in [3.05, 3.63) is 59.7 Å². The van der Waals surface area contributed by atoms with Crippen LogP contribution in [0.15, 0.2) is 43.0 Å². The molecule has 2 aliphatic rings. The van der Waals surface area contributed by atoms with E-state index in [-0.39, 0.29) is 0 Å². The lowest BCUT2D eigenvalue weighted by molar-refractivity contribution is -0.130. The van der Waals surface area contributed by atoms with E-state index in [4.69, 9.17) is 9.47 Å². The Bertz CT molecular complexity index is 1060. The van der Waals surface area contributed by atoms with E-state index in [9.17, 15) is 9.59 Å². The van der Waals surface area contributed by atoms with Crippen molar-refractivity contribution in [1.82, 2.24) is 0 Å². The van der Waals surface area contributed by atoms with Gasteiger partial charge in [-0.3, -0.25) is 0 Å². The maximum atomic E-state index is 12.5. The number of hydrogen-bond donors (Lipinski definition) is 0. The van der Waals surface area contributed by atoms with Crippen molar-refractivity contribution >= 4 is 22.7 Å². The summed E-state index contributed by atoms with van der Waals surface area (Å²) >= 11 is 0. The van der Waals surface area contributed by atoms with Crippen LogP contribution in [0, 0.1) is 5.92 Å². The quantitative estimate of drug-likeness (QED) is 0.380. The van der Waals surface area contributed by atoms with Gasteiger partial charge in [0.2, 0.25) is 0 Å². The van der Waals surface area contributed by atoms with Gasteiger partial charge >= 0.3 is 11.9 Å². The predicted octanol–water partition coefficient (Wildman–Crippen LogP) is 5.59. The second-order valence-corrected chi connectivity index (χ2v) is 8.12. The molecule has 4 rings (SSSR count). The first-order valence-corrected chi connectivity index (χ1v) is 10.2. The third-order valence-electron chi connectivity index (χ3n) is 6.49. The first-order chi connectivity index (χ1) is 13.9. The molecule has 2 aromatic carbocycles. The highest BCUT2D eigenvalue weighted by Crippen LogP contribution is 2.64. The Hall–Kier alpha value is -2.88. The average molecular weight is 390 g/mol. The van der Waals surface area contributed by atoms with Gasteiger partial charge in [0.1, 0.15) is 11.5 Å². The zero-order chi connectivity index (χ0) is 20.9. The predicted molar refractivity (Wildman–Crippen MR) is 113 cm³/mol. The largest absolute Gasteiger partial charge is 0.422 e. The zero-order valence-corrected chi connectivity index (χ0v) is 17.2. The van der Waals surface area contributed by atoms with E-state index in [0.29, 0.717) is 34.8 Å². The second-order valence-electron chi connectivity index (χ2n) is 8.12. The summed E-state index contributed by atoms with van der Waals surface area (Å²) in [5.41, 5.74) is 3.47. The summed E-state index contributed by atoms with van der Waals surface area (Å²) < 4.78 is 11.8. The topological polar surface area (TPSA) is 52.6 Å². The minimum absolute atomic E-state index is 0.291. The fraction of sp³-hybridized carbons (Fsp3) is 0.360. The van der Waals surface area contributed by atoms with E-state index in [1.165, 1.54) is 6.08 Å². The van der Waals surface area contributed by atoms with Gasteiger partial charge in [-0.15, -0.1) is 0 Å². The van der Waals surface area contributed by atoms with Crippen LogP contribution < -0.4 is 9.47 Å². The normalized spacial score (nSPS) is 21.7. The summed E-state index contributed by atoms with van der Waals surface area (Å²) in [6.45, 7) is 13.2. The molecule has 4 heteroatoms. The van der Waals surface area contributed by atoms with E-state index in [2.05, 4.69) is 27.0 Å². The number of ether oxygens (including phenoxy) is 2. The number of rotatable bonds is 5. The Kier molecular flexibility index (Phi) is 4.81. The van der Waals surface area contributed by atoms with Gasteiger partial charge in [0.05, 0.1) is 0 Å². The Morgan fingerprint density at radius 3 is 2.38 bits per heavy atom. The zero-order valence-electron chi connectivity index (χ0n) is 17.2. The second kappa shape index (κ2) is 7.18. The van der Waals surface area contributed by atoms with E-state index >= 15 is 0 Å². The maximum absolute atomic E-state index is 12.5. The summed E-state index contributed by atoms with van der Waals surface area (Å²) in [5, 5.41) is 1.66. The van der Waals surface area contributed by atoms with Gasteiger partial charge in [-0.1, -0.05) is 45.2 Å². The molecule has 0 amide bonds. The first kappa shape index (κ1) is 19.4. The smallest absolute Gasteiger partial charge is 0.338 e. The number of carbonyl (C=O) groups excluding carboxylic acids is 2. The van der Waals surface area contributed by atoms with Crippen LogP contribution in [0.1, 0.15) is 62.1 Å². The van der Waals surface area contributed by atoms with Crippen LogP contribution in [0.5, 0.6) is 11.5 Å². The summed E-state index contributed by atoms with van der Waals surface area (Å²) in [5.74, 6) is 1.32. The van der Waals surface area contributed by atoms with Crippen LogP contribution in [-0.2, 0) is 16.0 Å². The minimum Gasteiger partial charge on any atom is -0.422 e. The number of carbonyl (C=O) groups is 2. The van der Waals surface area contributed by atoms with Gasteiger partial charge in [-0.2, -0.15) is 0 Å². The van der Waals surface area contributed by atoms with Gasteiger partial charge in [0.25, 0.3) is 0 Å². The van der Waals surface area contributed by atoms with Crippen LogP contribution in [0.25, 0.3) is 10.8 Å². The molecule has 1 fully saturated rings. The van der Waals surface area contributed by atoms with Crippen molar-refractivity contribution in [3.8, 4) is 11.5 Å². The van der Waals surface area contributed by atoms with E-state index < -0.39 is 11.9 Å². The highest BCUT2D eigenvalue weighted by atomic mass is 16.5. The summed E-state index contributed by atoms with van der Waals surface area (Å²) in [6.07, 6.45) is 4.06. The van der Waals surface area contributed by atoms with Crippen molar-refractivity contribution in [2.24, 2.45) is 5.92 Å². The van der Waals surface area contributed by atoms with Gasteiger partial charge < -0.3 is 9.47 Å². The van der Waals surface area contributed by atoms with Crippen LogP contribution in [0.4, 0.5) is 0 Å². The van der Waals surface area contributed by atoms with Crippen molar-refractivity contribution in [2.75, 3.05) is 0 Å². The van der Waals surface area contributed by atoms with E-state index in [0.717, 1.165) is 46.7 Å². The molecule has 0 radical (unpaired) electrons. The average Bonchev–Trinajstić information content (AvgIpc) is 3.22. The van der Waals surface area contributed by atoms with Crippen molar-refractivity contribution < 1.29 is 19.1 Å². The van der Waals surface area contributed by atoms with E-state index in [1.54, 1.807) is 6.92 Å². The highest BCUT2D eigenvalue weighted by molar-refractivity contribution is 6.03. The first-order valence-electron chi connectivity index (χ1n) is 10.2. The maximum Gasteiger partial charge on any atom is 0.338 e. The van der Waals surface area contributed by atoms with E-state index in [1.807, 2.05) is 18.2 Å². The number of esters is 2. The standard InChI is InChI=1S/C25H26O4/c1-6-15-9-8-10-18-20(15)24(28-19(26)7-2)22-17-12-11-16(14(17)5)21(22)23(18)29-25(27)13(3)4/h7-10,14,16-17H,2-3,6,11-12H2,1,4-5H3. The molecule has 0 aliphatic heterocycles. The molecule has 4 nitrogen and oxygen atoms in total. The van der Waals surface area contributed by atoms with Crippen LogP contribution in [0.2, 0.25) is 0 Å².